The molecule has 0 saturated heterocycles. The lowest BCUT2D eigenvalue weighted by Crippen LogP contribution is -2.16. The molecular weight excluding hydrogens is 374 g/mol. The minimum atomic E-state index is -0.501. The van der Waals surface area contributed by atoms with Crippen molar-refractivity contribution in [3.63, 3.8) is 0 Å². The monoisotopic (exact) mass is 391 g/mol. The minimum absolute atomic E-state index is 0.181. The zero-order chi connectivity index (χ0) is 17.4. The summed E-state index contributed by atoms with van der Waals surface area (Å²) < 4.78 is 11.0. The van der Waals surface area contributed by atoms with E-state index in [-0.39, 0.29) is 5.91 Å². The number of nitrogens with one attached hydrogen (secondary N) is 1. The first-order valence-corrected chi connectivity index (χ1v) is 8.25. The Labute approximate surface area is 149 Å². The molecule has 0 atom stereocenters. The molecule has 0 bridgehead atoms. The fourth-order valence-corrected chi connectivity index (χ4v) is 2.42. The van der Waals surface area contributed by atoms with E-state index < -0.39 is 5.97 Å². The van der Waals surface area contributed by atoms with Gasteiger partial charge in [-0.25, -0.2) is 4.79 Å². The number of hydrogen-bond acceptors (Lipinski definition) is 4. The fraction of sp³-hybridized carbons (Fsp3) is 0.222. The van der Waals surface area contributed by atoms with Crippen LogP contribution in [0.4, 0.5) is 5.69 Å². The zero-order valence-corrected chi connectivity index (χ0v) is 14.8. The van der Waals surface area contributed by atoms with Crippen LogP contribution in [-0.4, -0.2) is 25.6 Å². The minimum Gasteiger partial charge on any atom is -0.494 e. The summed E-state index contributed by atoms with van der Waals surface area (Å²) in [6, 6.07) is 14.5. The van der Waals surface area contributed by atoms with Crippen LogP contribution in [0.15, 0.2) is 53.0 Å². The van der Waals surface area contributed by atoms with Gasteiger partial charge in [-0.2, -0.15) is 0 Å². The maximum Gasteiger partial charge on any atom is 0.340 e. The van der Waals surface area contributed by atoms with Crippen LogP contribution in [0.1, 0.15) is 23.2 Å². The number of benzene rings is 2. The number of methoxy groups -OCH3 is 1. The van der Waals surface area contributed by atoms with Gasteiger partial charge in [-0.1, -0.05) is 34.1 Å². The topological polar surface area (TPSA) is 64.6 Å². The van der Waals surface area contributed by atoms with Gasteiger partial charge in [0.25, 0.3) is 0 Å². The number of anilines is 1. The second kappa shape index (κ2) is 9.08. The van der Waals surface area contributed by atoms with Gasteiger partial charge in [0, 0.05) is 10.9 Å². The summed E-state index contributed by atoms with van der Waals surface area (Å²) in [6.07, 6.45) is 0.869. The van der Waals surface area contributed by atoms with Gasteiger partial charge in [0.15, 0.2) is 0 Å². The average molecular weight is 392 g/mol. The van der Waals surface area contributed by atoms with Gasteiger partial charge in [-0.05, 0) is 36.8 Å². The van der Waals surface area contributed by atoms with Crippen molar-refractivity contribution in [2.45, 2.75) is 12.8 Å². The maximum atomic E-state index is 12.0. The normalized spacial score (nSPS) is 10.1. The molecule has 24 heavy (non-hydrogen) atoms. The molecule has 0 aliphatic heterocycles. The van der Waals surface area contributed by atoms with Crippen LogP contribution in [0.5, 0.6) is 5.75 Å². The second-order valence-electron chi connectivity index (χ2n) is 4.99. The van der Waals surface area contributed by atoms with Gasteiger partial charge in [0.1, 0.15) is 5.75 Å². The number of rotatable bonds is 7. The number of hydrogen-bond donors (Lipinski definition) is 1. The first kappa shape index (κ1) is 18.0. The Balaban J connectivity index is 1.85. The SMILES string of the molecule is COC(=O)c1cc(Br)ccc1NC(=O)CCCOc1ccccc1. The molecule has 0 saturated carbocycles. The highest BCUT2D eigenvalue weighted by Gasteiger charge is 2.14. The van der Waals surface area contributed by atoms with Crippen LogP contribution >= 0.6 is 15.9 Å². The van der Waals surface area contributed by atoms with Crippen molar-refractivity contribution in [3.05, 3.63) is 58.6 Å². The number of esters is 1. The summed E-state index contributed by atoms with van der Waals surface area (Å²) in [4.78, 5) is 23.8. The Kier molecular flexibility index (Phi) is 6.81. The summed E-state index contributed by atoms with van der Waals surface area (Å²) in [5.41, 5.74) is 0.736. The maximum absolute atomic E-state index is 12.0. The number of carbonyl (C=O) groups is 2. The lowest BCUT2D eigenvalue weighted by atomic mass is 10.1. The Bertz CT molecular complexity index is 703. The predicted molar refractivity (Wildman–Crippen MR) is 95.3 cm³/mol. The van der Waals surface area contributed by atoms with E-state index in [0.29, 0.717) is 30.7 Å². The van der Waals surface area contributed by atoms with Crippen LogP contribution in [0.25, 0.3) is 0 Å². The summed E-state index contributed by atoms with van der Waals surface area (Å²) >= 11 is 3.30. The molecule has 2 aromatic rings. The molecule has 2 aromatic carbocycles. The first-order chi connectivity index (χ1) is 11.6. The predicted octanol–water partition coefficient (Wildman–Crippen LogP) is 4.03. The molecule has 5 nitrogen and oxygen atoms in total. The van der Waals surface area contributed by atoms with Gasteiger partial charge < -0.3 is 14.8 Å². The molecule has 0 heterocycles. The highest BCUT2D eigenvalue weighted by molar-refractivity contribution is 9.10. The van der Waals surface area contributed by atoms with Crippen molar-refractivity contribution < 1.29 is 19.1 Å². The van der Waals surface area contributed by atoms with E-state index in [4.69, 9.17) is 9.47 Å². The molecular formula is C18H18BrNO4. The average Bonchev–Trinajstić information content (AvgIpc) is 2.60. The number of halogens is 1. The third-order valence-corrected chi connectivity index (χ3v) is 3.71. The molecule has 0 aromatic heterocycles. The lowest BCUT2D eigenvalue weighted by Gasteiger charge is -2.10. The molecule has 0 spiro atoms. The number of amides is 1. The summed E-state index contributed by atoms with van der Waals surface area (Å²) in [5, 5.41) is 2.74. The Morgan fingerprint density at radius 2 is 1.88 bits per heavy atom. The molecule has 1 N–H and O–H groups in total. The van der Waals surface area contributed by atoms with Crippen LogP contribution in [0.3, 0.4) is 0 Å². The van der Waals surface area contributed by atoms with E-state index >= 15 is 0 Å². The van der Waals surface area contributed by atoms with Crippen LogP contribution in [0.2, 0.25) is 0 Å². The van der Waals surface area contributed by atoms with E-state index in [0.717, 1.165) is 10.2 Å². The quantitative estimate of drug-likeness (QED) is 0.571. The highest BCUT2D eigenvalue weighted by atomic mass is 79.9. The van der Waals surface area contributed by atoms with Gasteiger partial charge in [-0.15, -0.1) is 0 Å². The third-order valence-electron chi connectivity index (χ3n) is 3.22. The van der Waals surface area contributed by atoms with Crippen LogP contribution < -0.4 is 10.1 Å². The lowest BCUT2D eigenvalue weighted by molar-refractivity contribution is -0.116. The molecule has 0 fully saturated rings. The number of para-hydroxylation sites is 1. The summed E-state index contributed by atoms with van der Waals surface area (Å²) in [7, 11) is 1.30. The van der Waals surface area contributed by atoms with Crippen molar-refractivity contribution in [3.8, 4) is 5.75 Å². The van der Waals surface area contributed by atoms with Crippen LogP contribution in [0, 0.1) is 0 Å². The van der Waals surface area contributed by atoms with Crippen LogP contribution in [-0.2, 0) is 9.53 Å². The molecule has 0 radical (unpaired) electrons. The Morgan fingerprint density at radius 1 is 1.12 bits per heavy atom. The van der Waals surface area contributed by atoms with E-state index in [1.165, 1.54) is 7.11 Å². The van der Waals surface area contributed by atoms with Gasteiger partial charge >= 0.3 is 5.97 Å². The molecule has 126 valence electrons. The number of carbonyl (C=O) groups excluding carboxylic acids is 2. The molecule has 6 heteroatoms. The number of ether oxygens (including phenoxy) is 2. The molecule has 2 rings (SSSR count). The van der Waals surface area contributed by atoms with Crippen molar-refractivity contribution in [2.75, 3.05) is 19.0 Å². The molecule has 0 aliphatic rings. The van der Waals surface area contributed by atoms with Crippen molar-refractivity contribution in [2.24, 2.45) is 0 Å². The Morgan fingerprint density at radius 3 is 2.58 bits per heavy atom. The zero-order valence-electron chi connectivity index (χ0n) is 13.3. The summed E-state index contributed by atoms with van der Waals surface area (Å²) in [6.45, 7) is 0.446. The molecule has 0 aliphatic carbocycles. The molecule has 1 amide bonds. The second-order valence-corrected chi connectivity index (χ2v) is 5.91. The third kappa shape index (κ3) is 5.38. The van der Waals surface area contributed by atoms with Crippen molar-refractivity contribution in [1.82, 2.24) is 0 Å². The standard InChI is InChI=1S/C18H18BrNO4/c1-23-18(22)15-12-13(19)9-10-16(15)20-17(21)8-5-11-24-14-6-3-2-4-7-14/h2-4,6-7,9-10,12H,5,8,11H2,1H3,(H,20,21). The van der Waals surface area contributed by atoms with E-state index in [9.17, 15) is 9.59 Å². The van der Waals surface area contributed by atoms with E-state index in [2.05, 4.69) is 21.2 Å². The van der Waals surface area contributed by atoms with Crippen molar-refractivity contribution >= 4 is 33.5 Å². The Hall–Kier alpha value is -2.34. The largest absolute Gasteiger partial charge is 0.494 e. The first-order valence-electron chi connectivity index (χ1n) is 7.45. The molecule has 0 unspecified atom stereocenters. The fourth-order valence-electron chi connectivity index (χ4n) is 2.06. The van der Waals surface area contributed by atoms with Gasteiger partial charge in [0.05, 0.1) is 25.0 Å². The highest BCUT2D eigenvalue weighted by Crippen LogP contribution is 2.22. The van der Waals surface area contributed by atoms with Crippen molar-refractivity contribution in [1.29, 1.82) is 0 Å². The van der Waals surface area contributed by atoms with E-state index in [1.54, 1.807) is 18.2 Å². The van der Waals surface area contributed by atoms with E-state index in [1.807, 2.05) is 30.3 Å². The summed E-state index contributed by atoms with van der Waals surface area (Å²) in [5.74, 6) is 0.0944. The smallest absolute Gasteiger partial charge is 0.340 e. The van der Waals surface area contributed by atoms with Gasteiger partial charge in [0.2, 0.25) is 5.91 Å². The van der Waals surface area contributed by atoms with Gasteiger partial charge in [-0.3, -0.25) is 4.79 Å².